The second-order valence-corrected chi connectivity index (χ2v) is 4.46. The number of nitrogens with one attached hydrogen (secondary N) is 1. The predicted octanol–water partition coefficient (Wildman–Crippen LogP) is -1.19. The van der Waals surface area contributed by atoms with Gasteiger partial charge in [0.05, 0.1) is 5.41 Å². The number of rotatable bonds is 7. The van der Waals surface area contributed by atoms with E-state index in [-0.39, 0.29) is 19.4 Å². The molecule has 0 heterocycles. The molecular formula is C10H19N3O4. The minimum atomic E-state index is -1.20. The van der Waals surface area contributed by atoms with Crippen molar-refractivity contribution in [2.45, 2.75) is 32.7 Å². The number of aliphatic carboxylic acids is 1. The second kappa shape index (κ2) is 6.19. The summed E-state index contributed by atoms with van der Waals surface area (Å²) in [6.45, 7) is 3.31. The molecule has 0 saturated heterocycles. The Balaban J connectivity index is 4.50. The molecule has 0 aliphatic rings. The summed E-state index contributed by atoms with van der Waals surface area (Å²) in [4.78, 5) is 33.1. The van der Waals surface area contributed by atoms with Gasteiger partial charge in [-0.3, -0.25) is 9.59 Å². The third-order valence-corrected chi connectivity index (χ3v) is 2.41. The molecule has 0 spiro atoms. The number of hydrogen-bond donors (Lipinski definition) is 4. The normalized spacial score (nSPS) is 12.9. The van der Waals surface area contributed by atoms with E-state index >= 15 is 0 Å². The van der Waals surface area contributed by atoms with E-state index in [9.17, 15) is 14.4 Å². The molecular weight excluding hydrogens is 226 g/mol. The van der Waals surface area contributed by atoms with E-state index in [0.29, 0.717) is 0 Å². The quantitative estimate of drug-likeness (QED) is 0.447. The van der Waals surface area contributed by atoms with Gasteiger partial charge in [0.1, 0.15) is 6.04 Å². The highest BCUT2D eigenvalue weighted by atomic mass is 16.4. The van der Waals surface area contributed by atoms with Crippen LogP contribution in [0.1, 0.15) is 26.7 Å². The van der Waals surface area contributed by atoms with Crippen molar-refractivity contribution in [1.82, 2.24) is 5.32 Å². The first-order chi connectivity index (χ1) is 7.70. The molecule has 0 aromatic rings. The van der Waals surface area contributed by atoms with E-state index < -0.39 is 29.2 Å². The van der Waals surface area contributed by atoms with Gasteiger partial charge in [-0.15, -0.1) is 0 Å². The highest BCUT2D eigenvalue weighted by Gasteiger charge is 2.30. The van der Waals surface area contributed by atoms with Crippen LogP contribution in [-0.2, 0) is 14.4 Å². The van der Waals surface area contributed by atoms with Gasteiger partial charge < -0.3 is 21.9 Å². The van der Waals surface area contributed by atoms with Crippen LogP contribution in [0, 0.1) is 5.41 Å². The van der Waals surface area contributed by atoms with Gasteiger partial charge in [-0.05, 0) is 20.3 Å². The van der Waals surface area contributed by atoms with Crippen LogP contribution in [0.4, 0.5) is 0 Å². The first-order valence-electron chi connectivity index (χ1n) is 5.23. The molecule has 1 atom stereocenters. The molecule has 0 radical (unpaired) electrons. The summed E-state index contributed by atoms with van der Waals surface area (Å²) in [7, 11) is 0. The van der Waals surface area contributed by atoms with Crippen LogP contribution >= 0.6 is 0 Å². The number of carboxylic acid groups (broad SMARTS) is 1. The highest BCUT2D eigenvalue weighted by molar-refractivity contribution is 5.87. The average molecular weight is 245 g/mol. The van der Waals surface area contributed by atoms with E-state index in [2.05, 4.69) is 5.32 Å². The van der Waals surface area contributed by atoms with Crippen LogP contribution in [0.25, 0.3) is 0 Å². The highest BCUT2D eigenvalue weighted by Crippen LogP contribution is 2.13. The van der Waals surface area contributed by atoms with Crippen LogP contribution in [0.3, 0.4) is 0 Å². The molecule has 7 heteroatoms. The zero-order chi connectivity index (χ0) is 13.6. The van der Waals surface area contributed by atoms with Crippen LogP contribution in [0.2, 0.25) is 0 Å². The van der Waals surface area contributed by atoms with Crippen molar-refractivity contribution in [2.24, 2.45) is 16.9 Å². The summed E-state index contributed by atoms with van der Waals surface area (Å²) in [6.07, 6.45) is -0.128. The Labute approximate surface area is 99.5 Å². The number of carboxylic acids is 1. The molecule has 0 aromatic carbocycles. The van der Waals surface area contributed by atoms with Crippen molar-refractivity contribution < 1.29 is 19.5 Å². The maximum absolute atomic E-state index is 11.7. The van der Waals surface area contributed by atoms with Crippen LogP contribution < -0.4 is 16.8 Å². The van der Waals surface area contributed by atoms with E-state index in [1.807, 2.05) is 0 Å². The summed E-state index contributed by atoms with van der Waals surface area (Å²) in [6, 6.07) is -1.12. The van der Waals surface area contributed by atoms with Gasteiger partial charge in [0.15, 0.2) is 0 Å². The van der Waals surface area contributed by atoms with Crippen LogP contribution in [-0.4, -0.2) is 35.5 Å². The van der Waals surface area contributed by atoms with E-state index in [1.165, 1.54) is 0 Å². The average Bonchev–Trinajstić information content (AvgIpc) is 2.22. The largest absolute Gasteiger partial charge is 0.480 e. The monoisotopic (exact) mass is 245 g/mol. The maximum atomic E-state index is 11.7. The minimum absolute atomic E-state index is 0.0307. The van der Waals surface area contributed by atoms with Crippen molar-refractivity contribution in [2.75, 3.05) is 6.54 Å². The zero-order valence-corrected chi connectivity index (χ0v) is 10.0. The van der Waals surface area contributed by atoms with Crippen molar-refractivity contribution in [3.8, 4) is 0 Å². The van der Waals surface area contributed by atoms with Crippen molar-refractivity contribution >= 4 is 17.8 Å². The number of carbonyl (C=O) groups is 3. The molecule has 0 rings (SSSR count). The topological polar surface area (TPSA) is 136 Å². The molecule has 17 heavy (non-hydrogen) atoms. The molecule has 0 aliphatic carbocycles. The number of amides is 2. The predicted molar refractivity (Wildman–Crippen MR) is 60.8 cm³/mol. The standard InChI is InChI=1S/C10H19N3O4/c1-10(2,5-11)9(17)13-6(8(15)16)3-4-7(12)14/h6H,3-5,11H2,1-2H3,(H2,12,14)(H,13,17)(H,15,16)/t6-/m0/s1. The molecule has 0 bridgehead atoms. The lowest BCUT2D eigenvalue weighted by atomic mass is 9.92. The summed E-state index contributed by atoms with van der Waals surface area (Å²) < 4.78 is 0. The molecule has 98 valence electrons. The molecule has 0 unspecified atom stereocenters. The molecule has 7 nitrogen and oxygen atoms in total. The lowest BCUT2D eigenvalue weighted by Gasteiger charge is -2.24. The number of carbonyl (C=O) groups excluding carboxylic acids is 2. The lowest BCUT2D eigenvalue weighted by Crippen LogP contribution is -2.49. The van der Waals surface area contributed by atoms with Gasteiger partial charge in [0, 0.05) is 13.0 Å². The molecule has 0 fully saturated rings. The van der Waals surface area contributed by atoms with Crippen LogP contribution in [0.5, 0.6) is 0 Å². The van der Waals surface area contributed by atoms with Gasteiger partial charge in [-0.2, -0.15) is 0 Å². The Hall–Kier alpha value is -1.63. The fourth-order valence-corrected chi connectivity index (χ4v) is 0.990. The Morgan fingerprint density at radius 3 is 2.24 bits per heavy atom. The van der Waals surface area contributed by atoms with Gasteiger partial charge in [-0.1, -0.05) is 0 Å². The third-order valence-electron chi connectivity index (χ3n) is 2.41. The number of nitrogens with two attached hydrogens (primary N) is 2. The van der Waals surface area contributed by atoms with Crippen molar-refractivity contribution in [3.05, 3.63) is 0 Å². The first-order valence-corrected chi connectivity index (χ1v) is 5.23. The summed E-state index contributed by atoms with van der Waals surface area (Å²) in [5, 5.41) is 11.2. The summed E-state index contributed by atoms with van der Waals surface area (Å²) >= 11 is 0. The van der Waals surface area contributed by atoms with Gasteiger partial charge in [-0.25, -0.2) is 4.79 Å². The molecule has 2 amide bonds. The second-order valence-electron chi connectivity index (χ2n) is 4.46. The maximum Gasteiger partial charge on any atom is 0.326 e. The minimum Gasteiger partial charge on any atom is -0.480 e. The molecule has 0 aromatic heterocycles. The van der Waals surface area contributed by atoms with Crippen molar-refractivity contribution in [3.63, 3.8) is 0 Å². The van der Waals surface area contributed by atoms with E-state index in [0.717, 1.165) is 0 Å². The van der Waals surface area contributed by atoms with Gasteiger partial charge in [0.2, 0.25) is 11.8 Å². The SMILES string of the molecule is CC(C)(CN)C(=O)N[C@@H](CCC(N)=O)C(=O)O. The Morgan fingerprint density at radius 1 is 1.35 bits per heavy atom. The molecule has 0 saturated carbocycles. The lowest BCUT2D eigenvalue weighted by molar-refractivity contribution is -0.143. The van der Waals surface area contributed by atoms with Crippen LogP contribution in [0.15, 0.2) is 0 Å². The summed E-state index contributed by atoms with van der Waals surface area (Å²) in [5.74, 6) is -2.27. The van der Waals surface area contributed by atoms with Crippen molar-refractivity contribution in [1.29, 1.82) is 0 Å². The molecule has 6 N–H and O–H groups in total. The fourth-order valence-electron chi connectivity index (χ4n) is 0.990. The number of hydrogen-bond acceptors (Lipinski definition) is 4. The van der Waals surface area contributed by atoms with Gasteiger partial charge in [0.25, 0.3) is 0 Å². The first kappa shape index (κ1) is 15.4. The Bertz CT molecular complexity index is 315. The number of primary amides is 1. The summed E-state index contributed by atoms with van der Waals surface area (Å²) in [5.41, 5.74) is 9.47. The molecule has 0 aliphatic heterocycles. The smallest absolute Gasteiger partial charge is 0.326 e. The fraction of sp³-hybridized carbons (Fsp3) is 0.700. The Kier molecular flexibility index (Phi) is 5.60. The Morgan fingerprint density at radius 2 is 1.88 bits per heavy atom. The zero-order valence-electron chi connectivity index (χ0n) is 10.0. The van der Waals surface area contributed by atoms with E-state index in [4.69, 9.17) is 16.6 Å². The third kappa shape index (κ3) is 5.30. The van der Waals surface area contributed by atoms with E-state index in [1.54, 1.807) is 13.8 Å². The van der Waals surface area contributed by atoms with Gasteiger partial charge >= 0.3 is 5.97 Å².